The van der Waals surface area contributed by atoms with E-state index in [9.17, 15) is 4.79 Å². The third-order valence-corrected chi connectivity index (χ3v) is 4.20. The van der Waals surface area contributed by atoms with Gasteiger partial charge in [0, 0.05) is 30.4 Å². The number of benzene rings is 1. The van der Waals surface area contributed by atoms with Crippen molar-refractivity contribution in [2.75, 3.05) is 6.61 Å². The van der Waals surface area contributed by atoms with Crippen LogP contribution in [0.1, 0.15) is 41.4 Å². The maximum Gasteiger partial charge on any atom is 0.251 e. The van der Waals surface area contributed by atoms with E-state index in [1.807, 2.05) is 38.1 Å². The van der Waals surface area contributed by atoms with E-state index in [2.05, 4.69) is 15.3 Å². The second kappa shape index (κ2) is 9.50. The highest BCUT2D eigenvalue weighted by atomic mass is 16.5. The van der Waals surface area contributed by atoms with Gasteiger partial charge in [0.1, 0.15) is 6.61 Å². The molecule has 0 spiro atoms. The zero-order valence-corrected chi connectivity index (χ0v) is 16.0. The van der Waals surface area contributed by atoms with Gasteiger partial charge in [0.2, 0.25) is 0 Å². The van der Waals surface area contributed by atoms with Crippen molar-refractivity contribution in [3.05, 3.63) is 83.9 Å². The molecule has 0 radical (unpaired) electrons. The normalized spacial score (nSPS) is 11.5. The Labute approximate surface area is 164 Å². The molecule has 0 fully saturated rings. The number of carbonyl (C=O) groups excluding carboxylic acids is 1. The van der Waals surface area contributed by atoms with Gasteiger partial charge in [-0.1, -0.05) is 0 Å². The maximum atomic E-state index is 12.6. The lowest BCUT2D eigenvalue weighted by Gasteiger charge is -2.16. The summed E-state index contributed by atoms with van der Waals surface area (Å²) in [6.07, 6.45) is 6.86. The summed E-state index contributed by atoms with van der Waals surface area (Å²) in [4.78, 5) is 20.6. The van der Waals surface area contributed by atoms with Crippen molar-refractivity contribution in [1.29, 1.82) is 0 Å². The van der Waals surface area contributed by atoms with Crippen LogP contribution in [-0.2, 0) is 6.61 Å². The number of nitrogens with zero attached hydrogens (tertiary/aromatic N) is 2. The van der Waals surface area contributed by atoms with Gasteiger partial charge in [-0.05, 0) is 67.4 Å². The number of pyridine rings is 2. The van der Waals surface area contributed by atoms with Crippen LogP contribution in [0.3, 0.4) is 0 Å². The maximum absolute atomic E-state index is 12.6. The Morgan fingerprint density at radius 2 is 1.64 bits per heavy atom. The Morgan fingerprint density at radius 3 is 2.32 bits per heavy atom. The molecule has 1 aromatic carbocycles. The molecule has 1 atom stereocenters. The summed E-state index contributed by atoms with van der Waals surface area (Å²) in [7, 11) is 0. The van der Waals surface area contributed by atoms with E-state index in [0.29, 0.717) is 30.3 Å². The Hall–Kier alpha value is -3.41. The molecule has 144 valence electrons. The smallest absolute Gasteiger partial charge is 0.251 e. The van der Waals surface area contributed by atoms with Crippen LogP contribution in [0, 0.1) is 0 Å². The third-order valence-electron chi connectivity index (χ3n) is 4.20. The lowest BCUT2D eigenvalue weighted by atomic mass is 10.1. The van der Waals surface area contributed by atoms with Crippen molar-refractivity contribution in [2.24, 2.45) is 0 Å². The lowest BCUT2D eigenvalue weighted by molar-refractivity contribution is 0.0939. The monoisotopic (exact) mass is 377 g/mol. The van der Waals surface area contributed by atoms with Crippen molar-refractivity contribution < 1.29 is 14.3 Å². The van der Waals surface area contributed by atoms with Crippen LogP contribution in [0.2, 0.25) is 0 Å². The second-order valence-corrected chi connectivity index (χ2v) is 6.21. The Kier molecular flexibility index (Phi) is 6.57. The van der Waals surface area contributed by atoms with Gasteiger partial charge >= 0.3 is 0 Å². The third kappa shape index (κ3) is 5.07. The molecule has 0 saturated heterocycles. The van der Waals surface area contributed by atoms with E-state index >= 15 is 0 Å². The molecular weight excluding hydrogens is 354 g/mol. The van der Waals surface area contributed by atoms with E-state index in [1.54, 1.807) is 43.0 Å². The van der Waals surface area contributed by atoms with Crippen molar-refractivity contribution in [2.45, 2.75) is 26.5 Å². The molecule has 3 aromatic rings. The fourth-order valence-electron chi connectivity index (χ4n) is 2.69. The minimum absolute atomic E-state index is 0.131. The van der Waals surface area contributed by atoms with E-state index in [-0.39, 0.29) is 11.9 Å². The van der Waals surface area contributed by atoms with Gasteiger partial charge in [0.15, 0.2) is 11.5 Å². The van der Waals surface area contributed by atoms with Gasteiger partial charge in [0.05, 0.1) is 12.6 Å². The number of nitrogens with one attached hydrogen (secondary N) is 1. The van der Waals surface area contributed by atoms with Gasteiger partial charge in [-0.2, -0.15) is 0 Å². The standard InChI is InChI=1S/C22H23N3O3/c1-3-27-21-14-19(22(26)25-16(2)18-8-12-24-13-9-18)4-5-20(21)28-15-17-6-10-23-11-7-17/h4-14,16H,3,15H2,1-2H3,(H,25,26). The minimum atomic E-state index is -0.175. The molecule has 1 N–H and O–H groups in total. The quantitative estimate of drug-likeness (QED) is 0.644. The van der Waals surface area contributed by atoms with Crippen LogP contribution >= 0.6 is 0 Å². The van der Waals surface area contributed by atoms with E-state index in [1.165, 1.54) is 0 Å². The van der Waals surface area contributed by atoms with Crippen LogP contribution in [0.4, 0.5) is 0 Å². The Bertz CT molecular complexity index is 901. The first-order valence-electron chi connectivity index (χ1n) is 9.16. The molecular formula is C22H23N3O3. The molecule has 0 aliphatic rings. The molecule has 2 heterocycles. The first-order valence-corrected chi connectivity index (χ1v) is 9.16. The summed E-state index contributed by atoms with van der Waals surface area (Å²) in [5.41, 5.74) is 2.51. The summed E-state index contributed by atoms with van der Waals surface area (Å²) in [5, 5.41) is 2.99. The van der Waals surface area contributed by atoms with Crippen molar-refractivity contribution in [3.8, 4) is 11.5 Å². The minimum Gasteiger partial charge on any atom is -0.490 e. The molecule has 6 nitrogen and oxygen atoms in total. The van der Waals surface area contributed by atoms with Gasteiger partial charge < -0.3 is 14.8 Å². The van der Waals surface area contributed by atoms with Crippen molar-refractivity contribution >= 4 is 5.91 Å². The van der Waals surface area contributed by atoms with Gasteiger partial charge in [-0.3, -0.25) is 14.8 Å². The highest BCUT2D eigenvalue weighted by molar-refractivity contribution is 5.95. The van der Waals surface area contributed by atoms with Gasteiger partial charge in [-0.25, -0.2) is 0 Å². The molecule has 0 aliphatic carbocycles. The Balaban J connectivity index is 1.71. The molecule has 2 aromatic heterocycles. The molecule has 0 aliphatic heterocycles. The summed E-state index contributed by atoms with van der Waals surface area (Å²) in [6, 6.07) is 12.6. The SMILES string of the molecule is CCOc1cc(C(=O)NC(C)c2ccncc2)ccc1OCc1ccncc1. The van der Waals surface area contributed by atoms with Crippen LogP contribution in [-0.4, -0.2) is 22.5 Å². The van der Waals surface area contributed by atoms with E-state index in [4.69, 9.17) is 9.47 Å². The number of carbonyl (C=O) groups is 1. The average molecular weight is 377 g/mol. The van der Waals surface area contributed by atoms with Crippen LogP contribution in [0.25, 0.3) is 0 Å². The first-order chi connectivity index (χ1) is 13.7. The number of aromatic nitrogens is 2. The zero-order chi connectivity index (χ0) is 19.8. The Morgan fingerprint density at radius 1 is 0.964 bits per heavy atom. The summed E-state index contributed by atoms with van der Waals surface area (Å²) >= 11 is 0. The van der Waals surface area contributed by atoms with Crippen molar-refractivity contribution in [1.82, 2.24) is 15.3 Å². The topological polar surface area (TPSA) is 73.3 Å². The molecule has 0 saturated carbocycles. The van der Waals surface area contributed by atoms with E-state index < -0.39 is 0 Å². The number of amides is 1. The largest absolute Gasteiger partial charge is 0.490 e. The van der Waals surface area contributed by atoms with Crippen LogP contribution in [0.15, 0.2) is 67.3 Å². The number of hydrogen-bond acceptors (Lipinski definition) is 5. The summed E-state index contributed by atoms with van der Waals surface area (Å²) in [5.74, 6) is 0.962. The lowest BCUT2D eigenvalue weighted by Crippen LogP contribution is -2.26. The predicted molar refractivity (Wildman–Crippen MR) is 106 cm³/mol. The molecule has 6 heteroatoms. The molecule has 0 bridgehead atoms. The van der Waals surface area contributed by atoms with E-state index in [0.717, 1.165) is 11.1 Å². The number of ether oxygens (including phenoxy) is 2. The fourth-order valence-corrected chi connectivity index (χ4v) is 2.69. The molecule has 1 amide bonds. The first kappa shape index (κ1) is 19.4. The fraction of sp³-hybridized carbons (Fsp3) is 0.227. The van der Waals surface area contributed by atoms with Gasteiger partial charge in [-0.15, -0.1) is 0 Å². The van der Waals surface area contributed by atoms with Crippen LogP contribution in [0.5, 0.6) is 11.5 Å². The highest BCUT2D eigenvalue weighted by Gasteiger charge is 2.15. The van der Waals surface area contributed by atoms with Crippen molar-refractivity contribution in [3.63, 3.8) is 0 Å². The molecule has 28 heavy (non-hydrogen) atoms. The summed E-state index contributed by atoms with van der Waals surface area (Å²) < 4.78 is 11.5. The second-order valence-electron chi connectivity index (χ2n) is 6.21. The van der Waals surface area contributed by atoms with Gasteiger partial charge in [0.25, 0.3) is 5.91 Å². The molecule has 1 unspecified atom stereocenters. The number of rotatable bonds is 8. The highest BCUT2D eigenvalue weighted by Crippen LogP contribution is 2.29. The summed E-state index contributed by atoms with van der Waals surface area (Å²) in [6.45, 7) is 4.70. The molecule has 3 rings (SSSR count). The zero-order valence-electron chi connectivity index (χ0n) is 16.0. The predicted octanol–water partition coefficient (Wildman–Crippen LogP) is 3.95. The van der Waals surface area contributed by atoms with Crippen LogP contribution < -0.4 is 14.8 Å². The average Bonchev–Trinajstić information content (AvgIpc) is 2.74. The number of hydrogen-bond donors (Lipinski definition) is 1.